The smallest absolute Gasteiger partial charge is 0.0451 e. The van der Waals surface area contributed by atoms with E-state index in [0.717, 1.165) is 0 Å². The summed E-state index contributed by atoms with van der Waals surface area (Å²) in [5, 5.41) is 0. The fraction of sp³-hybridized carbons (Fsp3) is 0. The first-order chi connectivity index (χ1) is 3.00. The standard InChI is InChI=1S/C4H4N2.Cu/c1-2-6-4-3-5-1;/h1-4H;. The fourth-order valence-electron chi connectivity index (χ4n) is 0.253. The molecule has 0 fully saturated rings. The van der Waals surface area contributed by atoms with Crippen LogP contribution < -0.4 is 0 Å². The van der Waals surface area contributed by atoms with Crippen LogP contribution in [0.15, 0.2) is 24.8 Å². The molecular weight excluding hydrogens is 140 g/mol. The maximum atomic E-state index is 3.72. The van der Waals surface area contributed by atoms with Crippen LogP contribution in [0.4, 0.5) is 0 Å². The Labute approximate surface area is 52.5 Å². The van der Waals surface area contributed by atoms with Crippen LogP contribution in [0.1, 0.15) is 0 Å². The van der Waals surface area contributed by atoms with Gasteiger partial charge in [0.05, 0.1) is 0 Å². The summed E-state index contributed by atoms with van der Waals surface area (Å²) in [7, 11) is 0. The van der Waals surface area contributed by atoms with E-state index in [4.69, 9.17) is 0 Å². The Bertz CT molecular complexity index is 81.6. The molecule has 0 aliphatic rings. The van der Waals surface area contributed by atoms with Gasteiger partial charge >= 0.3 is 0 Å². The molecule has 1 rings (SSSR count). The second-order valence-corrected chi connectivity index (χ2v) is 0.894. The molecule has 0 unspecified atom stereocenters. The monoisotopic (exact) mass is 143 g/mol. The molecule has 0 N–H and O–H groups in total. The molecule has 0 saturated heterocycles. The van der Waals surface area contributed by atoms with E-state index in [1.807, 2.05) is 0 Å². The molecule has 2 nitrogen and oxygen atoms in total. The first-order valence-electron chi connectivity index (χ1n) is 1.70. The largest absolute Gasteiger partial charge is 0.262 e. The molecule has 0 spiro atoms. The number of aromatic nitrogens is 2. The van der Waals surface area contributed by atoms with Gasteiger partial charge in [0, 0.05) is 41.9 Å². The Balaban J connectivity index is 0.000000360. The van der Waals surface area contributed by atoms with Gasteiger partial charge in [0.1, 0.15) is 0 Å². The Kier molecular flexibility index (Phi) is 3.56. The van der Waals surface area contributed by atoms with Gasteiger partial charge in [0.2, 0.25) is 0 Å². The van der Waals surface area contributed by atoms with E-state index in [-0.39, 0.29) is 17.1 Å². The Morgan fingerprint density at radius 1 is 0.714 bits per heavy atom. The molecule has 1 aromatic rings. The summed E-state index contributed by atoms with van der Waals surface area (Å²) >= 11 is 0. The van der Waals surface area contributed by atoms with Gasteiger partial charge in [-0.25, -0.2) is 0 Å². The van der Waals surface area contributed by atoms with E-state index in [9.17, 15) is 0 Å². The summed E-state index contributed by atoms with van der Waals surface area (Å²) in [6, 6.07) is 0. The molecule has 0 amide bonds. The molecule has 1 aromatic heterocycles. The Hall–Kier alpha value is -0.401. The summed E-state index contributed by atoms with van der Waals surface area (Å²) < 4.78 is 0. The third kappa shape index (κ3) is 2.31. The van der Waals surface area contributed by atoms with Crippen molar-refractivity contribution >= 4 is 0 Å². The van der Waals surface area contributed by atoms with Gasteiger partial charge in [-0.2, -0.15) is 0 Å². The quantitative estimate of drug-likeness (QED) is 0.494. The maximum Gasteiger partial charge on any atom is 0.0451 e. The average molecular weight is 144 g/mol. The summed E-state index contributed by atoms with van der Waals surface area (Å²) in [5.41, 5.74) is 0. The molecule has 1 radical (unpaired) electrons. The summed E-state index contributed by atoms with van der Waals surface area (Å²) in [5.74, 6) is 0. The van der Waals surface area contributed by atoms with E-state index in [1.165, 1.54) is 0 Å². The van der Waals surface area contributed by atoms with Crippen molar-refractivity contribution in [3.63, 3.8) is 0 Å². The zero-order valence-corrected chi connectivity index (χ0v) is 4.45. The van der Waals surface area contributed by atoms with Crippen molar-refractivity contribution in [3.05, 3.63) is 24.8 Å². The minimum atomic E-state index is 0. The van der Waals surface area contributed by atoms with Crippen LogP contribution in [0, 0.1) is 0 Å². The Morgan fingerprint density at radius 3 is 1.14 bits per heavy atom. The molecule has 0 aliphatic heterocycles. The predicted octanol–water partition coefficient (Wildman–Crippen LogP) is 0.474. The molecule has 1 heterocycles. The van der Waals surface area contributed by atoms with Crippen molar-refractivity contribution in [1.82, 2.24) is 9.97 Å². The molecule has 0 saturated carbocycles. The number of nitrogens with zero attached hydrogens (tertiary/aromatic N) is 2. The van der Waals surface area contributed by atoms with Crippen LogP contribution in [-0.2, 0) is 17.1 Å². The first kappa shape index (κ1) is 6.60. The van der Waals surface area contributed by atoms with Gasteiger partial charge in [-0.3, -0.25) is 9.97 Å². The van der Waals surface area contributed by atoms with Gasteiger partial charge < -0.3 is 0 Å². The summed E-state index contributed by atoms with van der Waals surface area (Å²) in [4.78, 5) is 7.44. The van der Waals surface area contributed by atoms with E-state index in [2.05, 4.69) is 9.97 Å². The number of hydrogen-bond acceptors (Lipinski definition) is 2. The van der Waals surface area contributed by atoms with Crippen LogP contribution in [0.25, 0.3) is 0 Å². The van der Waals surface area contributed by atoms with Crippen LogP contribution in [-0.4, -0.2) is 9.97 Å². The van der Waals surface area contributed by atoms with Crippen molar-refractivity contribution in [2.45, 2.75) is 0 Å². The fourth-order valence-corrected chi connectivity index (χ4v) is 0.253. The van der Waals surface area contributed by atoms with E-state index in [1.54, 1.807) is 24.8 Å². The zero-order valence-electron chi connectivity index (χ0n) is 3.51. The third-order valence-corrected chi connectivity index (χ3v) is 0.478. The van der Waals surface area contributed by atoms with E-state index >= 15 is 0 Å². The van der Waals surface area contributed by atoms with Crippen LogP contribution in [0.3, 0.4) is 0 Å². The molecule has 0 bridgehead atoms. The maximum absolute atomic E-state index is 3.72. The van der Waals surface area contributed by atoms with Gasteiger partial charge in [0.25, 0.3) is 0 Å². The number of rotatable bonds is 0. The van der Waals surface area contributed by atoms with Crippen molar-refractivity contribution in [2.75, 3.05) is 0 Å². The molecule has 0 aliphatic carbocycles. The second kappa shape index (κ2) is 3.78. The minimum absolute atomic E-state index is 0. The third-order valence-electron chi connectivity index (χ3n) is 0.478. The van der Waals surface area contributed by atoms with Gasteiger partial charge in [-0.1, -0.05) is 0 Å². The van der Waals surface area contributed by atoms with Crippen molar-refractivity contribution in [2.24, 2.45) is 0 Å². The topological polar surface area (TPSA) is 25.8 Å². The van der Waals surface area contributed by atoms with Crippen molar-refractivity contribution < 1.29 is 17.1 Å². The summed E-state index contributed by atoms with van der Waals surface area (Å²) in [6.45, 7) is 0. The van der Waals surface area contributed by atoms with Gasteiger partial charge in [0.15, 0.2) is 0 Å². The molecular formula is C4H4CuN2. The van der Waals surface area contributed by atoms with Crippen LogP contribution in [0.5, 0.6) is 0 Å². The van der Waals surface area contributed by atoms with Crippen LogP contribution >= 0.6 is 0 Å². The minimum Gasteiger partial charge on any atom is -0.262 e. The molecule has 7 heavy (non-hydrogen) atoms. The molecule has 0 aromatic carbocycles. The SMILES string of the molecule is [Cu].c1cnccn1. The zero-order chi connectivity index (χ0) is 4.24. The average Bonchev–Trinajstić information content (AvgIpc) is 1.72. The second-order valence-electron chi connectivity index (χ2n) is 0.894. The predicted molar refractivity (Wildman–Crippen MR) is 22.0 cm³/mol. The normalized spacial score (nSPS) is 6.86. The Morgan fingerprint density at radius 2 is 1.00 bits per heavy atom. The molecule has 0 atom stereocenters. The first-order valence-corrected chi connectivity index (χ1v) is 1.70. The van der Waals surface area contributed by atoms with Crippen LogP contribution in [0.2, 0.25) is 0 Å². The molecule has 41 valence electrons. The van der Waals surface area contributed by atoms with Crippen molar-refractivity contribution in [3.8, 4) is 0 Å². The molecule has 3 heteroatoms. The van der Waals surface area contributed by atoms with Gasteiger partial charge in [-0.05, 0) is 0 Å². The van der Waals surface area contributed by atoms with Gasteiger partial charge in [-0.15, -0.1) is 0 Å². The van der Waals surface area contributed by atoms with E-state index < -0.39 is 0 Å². The van der Waals surface area contributed by atoms with E-state index in [0.29, 0.717) is 0 Å². The van der Waals surface area contributed by atoms with Crippen molar-refractivity contribution in [1.29, 1.82) is 0 Å². The number of hydrogen-bond donors (Lipinski definition) is 0. The summed E-state index contributed by atoms with van der Waals surface area (Å²) in [6.07, 6.45) is 6.56.